The third-order valence-electron chi connectivity index (χ3n) is 6.22. The maximum absolute atomic E-state index is 12.8. The van der Waals surface area contributed by atoms with Crippen LogP contribution in [0.4, 0.5) is 5.69 Å². The Morgan fingerprint density at radius 2 is 1.53 bits per heavy atom. The summed E-state index contributed by atoms with van der Waals surface area (Å²) in [6, 6.07) is 17.5. The highest BCUT2D eigenvalue weighted by Gasteiger charge is 2.29. The van der Waals surface area contributed by atoms with Gasteiger partial charge in [-0.2, -0.15) is 10.8 Å². The quantitative estimate of drug-likeness (QED) is 0.0461. The molecule has 0 aliphatic rings. The zero-order chi connectivity index (χ0) is 32.5. The number of carboxylic acids is 1. The normalized spacial score (nSPS) is 10.8. The number of nitro benzene ring substituents is 1. The van der Waals surface area contributed by atoms with Crippen LogP contribution in [0.2, 0.25) is 10.0 Å². The summed E-state index contributed by atoms with van der Waals surface area (Å²) in [4.78, 5) is 58.9. The molecule has 0 radical (unpaired) electrons. The molecule has 0 amide bonds. The van der Waals surface area contributed by atoms with Crippen molar-refractivity contribution < 1.29 is 54.2 Å². The fourth-order valence-electron chi connectivity index (χ4n) is 4.19. The van der Waals surface area contributed by atoms with Gasteiger partial charge in [0.15, 0.2) is 17.1 Å². The topological polar surface area (TPSA) is 199 Å². The number of carbonyl (C=O) groups excluding carboxylic acids is 1. The molecule has 16 heteroatoms. The van der Waals surface area contributed by atoms with E-state index in [-0.39, 0.29) is 40.5 Å². The zero-order valence-corrected chi connectivity index (χ0v) is 24.3. The molecule has 4 aromatic carbocycles. The van der Waals surface area contributed by atoms with Crippen LogP contribution < -0.4 is 20.4 Å². The van der Waals surface area contributed by atoms with Crippen LogP contribution in [0.25, 0.3) is 0 Å². The number of esters is 1. The van der Waals surface area contributed by atoms with Gasteiger partial charge in [0.2, 0.25) is 0 Å². The molecule has 0 unspecified atom stereocenters. The molecule has 0 aliphatic heterocycles. The third kappa shape index (κ3) is 8.23. The van der Waals surface area contributed by atoms with Crippen molar-refractivity contribution >= 4 is 40.8 Å². The smallest absolute Gasteiger partial charge is 0.351 e. The van der Waals surface area contributed by atoms with E-state index in [2.05, 4.69) is 9.88 Å². The number of hydrogen-bond acceptors (Lipinski definition) is 12. The van der Waals surface area contributed by atoms with Crippen molar-refractivity contribution in [2.45, 2.75) is 19.6 Å². The maximum Gasteiger partial charge on any atom is 0.351 e. The predicted octanol–water partition coefficient (Wildman–Crippen LogP) is 6.09. The number of rotatable bonds is 14. The lowest BCUT2D eigenvalue weighted by atomic mass is 10.0. The number of nitro groups is 1. The van der Waals surface area contributed by atoms with Gasteiger partial charge in [-0.3, -0.25) is 15.4 Å². The Hall–Kier alpha value is -4.80. The van der Waals surface area contributed by atoms with Gasteiger partial charge in [-0.25, -0.2) is 14.5 Å². The van der Waals surface area contributed by atoms with Crippen LogP contribution in [0.5, 0.6) is 17.2 Å². The highest BCUT2D eigenvalue weighted by Crippen LogP contribution is 2.32. The maximum atomic E-state index is 12.8. The summed E-state index contributed by atoms with van der Waals surface area (Å²) in [5.41, 5.74) is 0.373. The minimum absolute atomic E-state index is 0.00558. The first-order valence-electron chi connectivity index (χ1n) is 12.6. The minimum atomic E-state index is -1.53. The van der Waals surface area contributed by atoms with Crippen LogP contribution in [-0.2, 0) is 34.4 Å². The number of halogens is 2. The molecule has 0 aliphatic carbocycles. The molecule has 0 spiro atoms. The van der Waals surface area contributed by atoms with E-state index in [0.717, 1.165) is 23.8 Å². The van der Waals surface area contributed by atoms with Crippen LogP contribution in [0.1, 0.15) is 43.0 Å². The van der Waals surface area contributed by atoms with Gasteiger partial charge in [-0.05, 0) is 59.5 Å². The van der Waals surface area contributed by atoms with Crippen LogP contribution >= 0.6 is 23.2 Å². The third-order valence-corrected chi connectivity index (χ3v) is 6.81. The Morgan fingerprint density at radius 1 is 0.867 bits per heavy atom. The van der Waals surface area contributed by atoms with E-state index in [0.29, 0.717) is 23.1 Å². The predicted molar refractivity (Wildman–Crippen MR) is 156 cm³/mol. The van der Waals surface area contributed by atoms with E-state index in [9.17, 15) is 24.8 Å². The van der Waals surface area contributed by atoms with Crippen molar-refractivity contribution in [1.82, 2.24) is 0 Å². The number of aromatic carboxylic acids is 1. The molecule has 4 aromatic rings. The first-order chi connectivity index (χ1) is 21.6. The highest BCUT2D eigenvalue weighted by atomic mass is 35.5. The summed E-state index contributed by atoms with van der Waals surface area (Å²) in [6.45, 7) is -0.314. The van der Waals surface area contributed by atoms with Crippen molar-refractivity contribution in [2.24, 2.45) is 5.90 Å². The molecule has 4 rings (SSSR count). The molecule has 0 saturated heterocycles. The fourth-order valence-corrected chi connectivity index (χ4v) is 4.67. The van der Waals surface area contributed by atoms with E-state index in [1.165, 1.54) is 12.1 Å². The summed E-state index contributed by atoms with van der Waals surface area (Å²) in [7, 11) is 0. The molecule has 0 aromatic heterocycles. The van der Waals surface area contributed by atoms with E-state index in [1.54, 1.807) is 42.5 Å². The summed E-state index contributed by atoms with van der Waals surface area (Å²) in [5, 5.41) is 29.9. The van der Waals surface area contributed by atoms with Crippen LogP contribution in [0.3, 0.4) is 0 Å². The first-order valence-corrected chi connectivity index (χ1v) is 13.4. The number of nitrogens with zero attached hydrogens (tertiary/aromatic N) is 1. The van der Waals surface area contributed by atoms with E-state index >= 15 is 0 Å². The molecular formula is C29H22Cl2N2O12. The van der Waals surface area contributed by atoms with Gasteiger partial charge >= 0.3 is 11.9 Å². The molecule has 0 atom stereocenters. The molecule has 0 bridgehead atoms. The Bertz CT molecular complexity index is 1680. The fraction of sp³-hybridized carbons (Fsp3) is 0.103. The van der Waals surface area contributed by atoms with Crippen molar-refractivity contribution in [2.75, 3.05) is 0 Å². The van der Waals surface area contributed by atoms with Gasteiger partial charge in [0.1, 0.15) is 19.0 Å². The zero-order valence-electron chi connectivity index (χ0n) is 22.8. The molecule has 0 fully saturated rings. The van der Waals surface area contributed by atoms with Gasteiger partial charge in [-0.15, -0.1) is 0 Å². The summed E-state index contributed by atoms with van der Waals surface area (Å²) < 4.78 is 5.23. The number of hydrogen-bond donors (Lipinski definition) is 3. The Kier molecular flexibility index (Phi) is 11.2. The number of carboxylic acid groups (broad SMARTS) is 1. The van der Waals surface area contributed by atoms with E-state index in [4.69, 9.17) is 53.8 Å². The Morgan fingerprint density at radius 3 is 2.13 bits per heavy atom. The Balaban J connectivity index is 1.42. The molecule has 0 saturated carbocycles. The van der Waals surface area contributed by atoms with Crippen molar-refractivity contribution in [3.05, 3.63) is 126 Å². The second kappa shape index (κ2) is 15.3. The van der Waals surface area contributed by atoms with Crippen molar-refractivity contribution in [3.63, 3.8) is 0 Å². The van der Waals surface area contributed by atoms with Crippen LogP contribution in [0.15, 0.2) is 72.8 Å². The van der Waals surface area contributed by atoms with Crippen molar-refractivity contribution in [3.8, 4) is 17.2 Å². The minimum Gasteiger partial charge on any atom is -0.478 e. The first kappa shape index (κ1) is 33.1. The average Bonchev–Trinajstić information content (AvgIpc) is 3.00. The summed E-state index contributed by atoms with van der Waals surface area (Å²) in [5.74, 6) is 2.49. The van der Waals surface area contributed by atoms with Crippen LogP contribution in [-0.4, -0.2) is 27.2 Å². The lowest BCUT2D eigenvalue weighted by Gasteiger charge is -2.13. The number of carbonyl (C=O) groups is 2. The number of benzene rings is 4. The van der Waals surface area contributed by atoms with E-state index in [1.807, 2.05) is 0 Å². The monoisotopic (exact) mass is 660 g/mol. The van der Waals surface area contributed by atoms with Gasteiger partial charge in [0.25, 0.3) is 5.69 Å². The van der Waals surface area contributed by atoms with E-state index < -0.39 is 33.7 Å². The molecule has 0 heterocycles. The number of nitrogens with two attached hydrogens (primary N) is 1. The second-order valence-electron chi connectivity index (χ2n) is 9.05. The Labute approximate surface area is 263 Å². The van der Waals surface area contributed by atoms with Crippen LogP contribution in [0, 0.1) is 10.1 Å². The molecule has 14 nitrogen and oxygen atoms in total. The average molecular weight is 661 g/mol. The largest absolute Gasteiger partial charge is 0.478 e. The van der Waals surface area contributed by atoms with Gasteiger partial charge in [0, 0.05) is 11.6 Å². The second-order valence-corrected chi connectivity index (χ2v) is 9.86. The van der Waals surface area contributed by atoms with Gasteiger partial charge in [0.05, 0.1) is 20.5 Å². The SMILES string of the molecule is NOOc1cccc(COO)c1COOc1ccc(Cc2ccc(OC(=O)c3c(C(=O)O)cccc3[N+](=O)[O-])c(Cl)c2)cc1Cl. The van der Waals surface area contributed by atoms with Gasteiger partial charge < -0.3 is 19.6 Å². The van der Waals surface area contributed by atoms with Crippen molar-refractivity contribution in [1.29, 1.82) is 0 Å². The summed E-state index contributed by atoms with van der Waals surface area (Å²) in [6.07, 6.45) is 0.344. The molecular weight excluding hydrogens is 639 g/mol. The lowest BCUT2D eigenvalue weighted by Crippen LogP contribution is -2.16. The molecule has 4 N–H and O–H groups in total. The lowest BCUT2D eigenvalue weighted by molar-refractivity contribution is -0.385. The standard InChI is InChI=1S/C29H22Cl2N2O12/c30-21-12-16(7-9-25(21)42-29(36)27-19(28(34)35)4-2-5-23(27)33(37)38)11-17-8-10-26(22(31)13-17)43-41-15-20-18(14-40-39)3-1-6-24(20)44-45-32/h1-10,12-13,39H,11,14-15,32H2,(H,34,35). The van der Waals surface area contributed by atoms with Gasteiger partial charge in [-0.1, -0.05) is 58.5 Å². The highest BCUT2D eigenvalue weighted by molar-refractivity contribution is 6.32. The molecule has 45 heavy (non-hydrogen) atoms. The number of ether oxygens (including phenoxy) is 1. The molecule has 234 valence electrons. The summed E-state index contributed by atoms with van der Waals surface area (Å²) >= 11 is 12.7.